The number of aliphatic hydroxyl groups excluding tert-OH is 1. The number of rotatable bonds is 9. The number of benzene rings is 1. The van der Waals surface area contributed by atoms with E-state index in [9.17, 15) is 13.2 Å². The van der Waals surface area contributed by atoms with Crippen LogP contribution in [0, 0.1) is 6.92 Å². The van der Waals surface area contributed by atoms with Crippen molar-refractivity contribution in [3.63, 3.8) is 0 Å². The predicted molar refractivity (Wildman–Crippen MR) is 113 cm³/mol. The Kier molecular flexibility index (Phi) is 7.67. The molecular formula is C18H23N5O6S2. The first-order valence-electron chi connectivity index (χ1n) is 9.42. The number of ether oxygens (including phenoxy) is 1. The number of amides is 1. The zero-order valence-corrected chi connectivity index (χ0v) is 18.6. The van der Waals surface area contributed by atoms with E-state index in [0.717, 1.165) is 15.8 Å². The third-order valence-corrected chi connectivity index (χ3v) is 6.99. The average molecular weight is 470 g/mol. The highest BCUT2D eigenvalue weighted by atomic mass is 32.2. The number of nitrogens with one attached hydrogen (secondary N) is 1. The highest BCUT2D eigenvalue weighted by Gasteiger charge is 2.23. The summed E-state index contributed by atoms with van der Waals surface area (Å²) in [5.41, 5.74) is 0.328. The normalized spacial score (nSPS) is 17.2. The van der Waals surface area contributed by atoms with Crippen molar-refractivity contribution < 1.29 is 27.9 Å². The van der Waals surface area contributed by atoms with Crippen molar-refractivity contribution >= 4 is 38.3 Å². The fraction of sp³-hybridized carbons (Fsp3) is 0.444. The van der Waals surface area contributed by atoms with Gasteiger partial charge in [0, 0.05) is 37.1 Å². The second-order valence-electron chi connectivity index (χ2n) is 6.71. The summed E-state index contributed by atoms with van der Waals surface area (Å²) in [7, 11) is -2.39. The van der Waals surface area contributed by atoms with Gasteiger partial charge >= 0.3 is 0 Å². The van der Waals surface area contributed by atoms with Crippen molar-refractivity contribution in [2.24, 2.45) is 5.16 Å². The minimum Gasteiger partial charge on any atom is -0.395 e. The minimum atomic E-state index is -3.77. The molecule has 0 saturated carbocycles. The van der Waals surface area contributed by atoms with Crippen molar-refractivity contribution in [3.05, 3.63) is 35.7 Å². The summed E-state index contributed by atoms with van der Waals surface area (Å²) in [6.45, 7) is 2.31. The number of oxime groups is 1. The maximum Gasteiger partial charge on any atom is 0.280 e. The van der Waals surface area contributed by atoms with Crippen molar-refractivity contribution in [1.82, 2.24) is 13.7 Å². The number of sulfonamides is 1. The fourth-order valence-corrected chi connectivity index (χ4v) is 4.41. The van der Waals surface area contributed by atoms with Crippen molar-refractivity contribution in [2.45, 2.75) is 24.3 Å². The Hall–Kier alpha value is -2.45. The first-order valence-corrected chi connectivity index (χ1v) is 11.6. The van der Waals surface area contributed by atoms with Gasteiger partial charge in [-0.1, -0.05) is 17.3 Å². The zero-order valence-electron chi connectivity index (χ0n) is 17.0. The van der Waals surface area contributed by atoms with E-state index in [-0.39, 0.29) is 29.9 Å². The molecule has 1 atom stereocenters. The van der Waals surface area contributed by atoms with Gasteiger partial charge in [0.2, 0.25) is 15.2 Å². The highest BCUT2D eigenvalue weighted by Crippen LogP contribution is 2.18. The third kappa shape index (κ3) is 5.83. The summed E-state index contributed by atoms with van der Waals surface area (Å²) in [4.78, 5) is 22.4. The maximum atomic E-state index is 12.8. The molecule has 1 aromatic carbocycles. The topological polar surface area (TPSA) is 143 Å². The van der Waals surface area contributed by atoms with Crippen LogP contribution in [0.1, 0.15) is 17.8 Å². The Labute approximate surface area is 183 Å². The average Bonchev–Trinajstić information content (AvgIpc) is 3.40. The van der Waals surface area contributed by atoms with E-state index in [1.165, 1.54) is 31.3 Å². The molecule has 11 nitrogen and oxygen atoms in total. The van der Waals surface area contributed by atoms with Crippen LogP contribution in [0.4, 0.5) is 5.13 Å². The van der Waals surface area contributed by atoms with Gasteiger partial charge in [0.1, 0.15) is 5.82 Å². The molecule has 0 aliphatic carbocycles. The van der Waals surface area contributed by atoms with Crippen molar-refractivity contribution in [2.75, 3.05) is 38.7 Å². The van der Waals surface area contributed by atoms with Crippen LogP contribution in [0.5, 0.6) is 0 Å². The van der Waals surface area contributed by atoms with Gasteiger partial charge in [-0.25, -0.2) is 13.4 Å². The van der Waals surface area contributed by atoms with Crippen molar-refractivity contribution in [3.8, 4) is 0 Å². The van der Waals surface area contributed by atoms with Crippen LogP contribution in [0.3, 0.4) is 0 Å². The summed E-state index contributed by atoms with van der Waals surface area (Å²) in [5, 5.41) is 16.0. The molecule has 1 amide bonds. The van der Waals surface area contributed by atoms with E-state index in [2.05, 4.69) is 19.8 Å². The van der Waals surface area contributed by atoms with E-state index in [4.69, 9.17) is 14.7 Å². The standard InChI is InChI=1S/C18H23N5O6S2/c1-12-19-18(30-22-12)20-17(25)16(21-29-14-7-10-28-11-14)13-3-5-15(6-4-13)31(26,27)23(2)8-9-24/h3-6,14,24H,7-11H2,1-2H3,(H,19,20,22,25)/b21-16+/t14-/m1/s1. The Morgan fingerprint density at radius 1 is 1.42 bits per heavy atom. The monoisotopic (exact) mass is 469 g/mol. The predicted octanol–water partition coefficient (Wildman–Crippen LogP) is 0.608. The molecule has 2 aromatic rings. The van der Waals surface area contributed by atoms with E-state index < -0.39 is 15.9 Å². The smallest absolute Gasteiger partial charge is 0.280 e. The molecule has 1 aliphatic rings. The number of anilines is 1. The van der Waals surface area contributed by atoms with Crippen LogP contribution in [0.2, 0.25) is 0 Å². The number of hydrogen-bond donors (Lipinski definition) is 2. The molecule has 168 valence electrons. The lowest BCUT2D eigenvalue weighted by Gasteiger charge is -2.16. The second-order valence-corrected chi connectivity index (χ2v) is 9.50. The number of hydrogen-bond acceptors (Lipinski definition) is 10. The SMILES string of the molecule is Cc1nsc(NC(=O)/C(=N/O[C@@H]2CCOC2)c2ccc(S(=O)(=O)N(C)CCO)cc2)n1. The number of likely N-dealkylation sites (N-methyl/N-ethyl adjacent to an activating group) is 1. The van der Waals surface area contributed by atoms with Gasteiger partial charge in [-0.3, -0.25) is 10.1 Å². The molecule has 3 rings (SSSR count). The number of aromatic nitrogens is 2. The molecule has 0 bridgehead atoms. The molecular weight excluding hydrogens is 446 g/mol. The lowest BCUT2D eigenvalue weighted by atomic mass is 10.1. The van der Waals surface area contributed by atoms with Crippen LogP contribution in [0.25, 0.3) is 0 Å². The second kappa shape index (κ2) is 10.2. The van der Waals surface area contributed by atoms with E-state index >= 15 is 0 Å². The number of aryl methyl sites for hydroxylation is 1. The van der Waals surface area contributed by atoms with Gasteiger partial charge in [0.05, 0.1) is 24.7 Å². The van der Waals surface area contributed by atoms with E-state index in [1.807, 2.05) is 0 Å². The molecule has 2 heterocycles. The van der Waals surface area contributed by atoms with Gasteiger partial charge < -0.3 is 14.7 Å². The molecule has 0 unspecified atom stereocenters. The maximum absolute atomic E-state index is 12.8. The molecule has 1 saturated heterocycles. The Balaban J connectivity index is 1.85. The van der Waals surface area contributed by atoms with Gasteiger partial charge in [0.25, 0.3) is 5.91 Å². The zero-order chi connectivity index (χ0) is 22.4. The molecule has 1 aromatic heterocycles. The Morgan fingerprint density at radius 3 is 2.74 bits per heavy atom. The fourth-order valence-electron chi connectivity index (χ4n) is 2.68. The number of carbonyl (C=O) groups is 1. The number of carbonyl (C=O) groups excluding carboxylic acids is 1. The molecule has 1 fully saturated rings. The summed E-state index contributed by atoms with van der Waals surface area (Å²) < 4.78 is 35.4. The minimum absolute atomic E-state index is 0.0248. The van der Waals surface area contributed by atoms with Crippen LogP contribution in [-0.4, -0.2) is 78.3 Å². The lowest BCUT2D eigenvalue weighted by molar-refractivity contribution is -0.110. The van der Waals surface area contributed by atoms with Crippen LogP contribution in [0.15, 0.2) is 34.3 Å². The summed E-state index contributed by atoms with van der Waals surface area (Å²) >= 11 is 1.03. The Morgan fingerprint density at radius 2 is 2.16 bits per heavy atom. The van der Waals surface area contributed by atoms with Gasteiger partial charge in [-0.05, 0) is 19.1 Å². The molecule has 1 aliphatic heterocycles. The highest BCUT2D eigenvalue weighted by molar-refractivity contribution is 7.89. The quantitative estimate of drug-likeness (QED) is 0.402. The van der Waals surface area contributed by atoms with Crippen LogP contribution < -0.4 is 5.32 Å². The largest absolute Gasteiger partial charge is 0.395 e. The van der Waals surface area contributed by atoms with Gasteiger partial charge in [0.15, 0.2) is 11.8 Å². The molecule has 31 heavy (non-hydrogen) atoms. The molecule has 0 radical (unpaired) electrons. The number of nitrogens with zero attached hydrogens (tertiary/aromatic N) is 4. The van der Waals surface area contributed by atoms with E-state index in [0.29, 0.717) is 36.2 Å². The summed E-state index contributed by atoms with van der Waals surface area (Å²) in [6.07, 6.45) is 0.390. The first-order chi connectivity index (χ1) is 14.8. The third-order valence-electron chi connectivity index (χ3n) is 4.39. The van der Waals surface area contributed by atoms with Crippen molar-refractivity contribution in [1.29, 1.82) is 0 Å². The van der Waals surface area contributed by atoms with Gasteiger partial charge in [-0.15, -0.1) is 0 Å². The molecule has 0 spiro atoms. The Bertz CT molecular complexity index is 1030. The summed E-state index contributed by atoms with van der Waals surface area (Å²) in [5.74, 6) is -0.0391. The molecule has 2 N–H and O–H groups in total. The van der Waals surface area contributed by atoms with Gasteiger partial charge in [-0.2, -0.15) is 8.68 Å². The van der Waals surface area contributed by atoms with Crippen LogP contribution in [-0.2, 0) is 24.4 Å². The lowest BCUT2D eigenvalue weighted by Crippen LogP contribution is -2.29. The number of aliphatic hydroxyl groups is 1. The van der Waals surface area contributed by atoms with Crippen LogP contribution >= 0.6 is 11.5 Å². The van der Waals surface area contributed by atoms with E-state index in [1.54, 1.807) is 6.92 Å². The first kappa shape index (κ1) is 23.2. The summed E-state index contributed by atoms with van der Waals surface area (Å²) in [6, 6.07) is 5.68. The molecule has 13 heteroatoms.